The van der Waals surface area contributed by atoms with Crippen molar-refractivity contribution in [2.24, 2.45) is 11.7 Å². The molecular formula is C12H19N3. The zero-order valence-corrected chi connectivity index (χ0v) is 9.32. The van der Waals surface area contributed by atoms with Gasteiger partial charge in [-0.2, -0.15) is 0 Å². The molecule has 2 heterocycles. The Hall–Kier alpha value is -0.930. The van der Waals surface area contributed by atoms with Crippen LogP contribution in [-0.4, -0.2) is 29.5 Å². The van der Waals surface area contributed by atoms with Gasteiger partial charge in [-0.15, -0.1) is 0 Å². The molecule has 1 aromatic heterocycles. The van der Waals surface area contributed by atoms with Crippen molar-refractivity contribution in [3.05, 3.63) is 29.6 Å². The van der Waals surface area contributed by atoms with E-state index in [1.807, 2.05) is 12.3 Å². The van der Waals surface area contributed by atoms with Crippen LogP contribution in [0, 0.1) is 12.8 Å². The molecule has 3 nitrogen and oxygen atoms in total. The fourth-order valence-electron chi connectivity index (χ4n) is 2.14. The highest BCUT2D eigenvalue weighted by Gasteiger charge is 2.21. The van der Waals surface area contributed by atoms with Gasteiger partial charge in [-0.25, -0.2) is 0 Å². The third kappa shape index (κ3) is 2.55. The van der Waals surface area contributed by atoms with Crippen LogP contribution in [0.25, 0.3) is 0 Å². The average Bonchev–Trinajstić information content (AvgIpc) is 2.69. The molecule has 2 N–H and O–H groups in total. The molecule has 1 aliphatic rings. The van der Waals surface area contributed by atoms with E-state index in [9.17, 15) is 0 Å². The summed E-state index contributed by atoms with van der Waals surface area (Å²) < 4.78 is 0. The minimum absolute atomic E-state index is 0.689. The van der Waals surface area contributed by atoms with Gasteiger partial charge >= 0.3 is 0 Å². The first-order valence-corrected chi connectivity index (χ1v) is 5.62. The lowest BCUT2D eigenvalue weighted by molar-refractivity contribution is 0.313. The van der Waals surface area contributed by atoms with E-state index in [0.29, 0.717) is 5.92 Å². The molecule has 0 radical (unpaired) electrons. The van der Waals surface area contributed by atoms with Crippen LogP contribution in [0.3, 0.4) is 0 Å². The number of pyridine rings is 1. The first-order valence-electron chi connectivity index (χ1n) is 5.62. The summed E-state index contributed by atoms with van der Waals surface area (Å²) in [4.78, 5) is 6.87. The topological polar surface area (TPSA) is 42.2 Å². The summed E-state index contributed by atoms with van der Waals surface area (Å²) in [6.07, 6.45) is 3.11. The number of aromatic nitrogens is 1. The molecule has 1 unspecified atom stereocenters. The van der Waals surface area contributed by atoms with Gasteiger partial charge in [0.05, 0.1) is 5.69 Å². The summed E-state index contributed by atoms with van der Waals surface area (Å²) in [7, 11) is 0. The smallest absolute Gasteiger partial charge is 0.0573 e. The molecule has 1 fully saturated rings. The van der Waals surface area contributed by atoms with Gasteiger partial charge in [-0.3, -0.25) is 9.88 Å². The van der Waals surface area contributed by atoms with Crippen molar-refractivity contribution in [3.8, 4) is 0 Å². The molecule has 3 heteroatoms. The Balaban J connectivity index is 1.96. The number of nitrogens with zero attached hydrogens (tertiary/aromatic N) is 2. The second-order valence-corrected chi connectivity index (χ2v) is 4.39. The van der Waals surface area contributed by atoms with Crippen molar-refractivity contribution in [1.29, 1.82) is 0 Å². The van der Waals surface area contributed by atoms with E-state index in [0.717, 1.165) is 26.2 Å². The molecule has 0 bridgehead atoms. The normalized spacial score (nSPS) is 22.1. The highest BCUT2D eigenvalue weighted by Crippen LogP contribution is 2.17. The van der Waals surface area contributed by atoms with E-state index in [-0.39, 0.29) is 0 Å². The number of likely N-dealkylation sites (tertiary alicyclic amines) is 1. The van der Waals surface area contributed by atoms with Gasteiger partial charge < -0.3 is 5.73 Å². The monoisotopic (exact) mass is 205 g/mol. The lowest BCUT2D eigenvalue weighted by Gasteiger charge is -2.16. The van der Waals surface area contributed by atoms with Gasteiger partial charge in [0.1, 0.15) is 0 Å². The highest BCUT2D eigenvalue weighted by molar-refractivity contribution is 5.17. The maximum absolute atomic E-state index is 5.68. The van der Waals surface area contributed by atoms with E-state index in [4.69, 9.17) is 5.73 Å². The SMILES string of the molecule is Cc1cccnc1CN1CCC(CN)C1. The summed E-state index contributed by atoms with van der Waals surface area (Å²) in [5.74, 6) is 0.689. The Labute approximate surface area is 91.3 Å². The lowest BCUT2D eigenvalue weighted by atomic mass is 10.1. The Kier molecular flexibility index (Phi) is 3.34. The fourth-order valence-corrected chi connectivity index (χ4v) is 2.14. The van der Waals surface area contributed by atoms with Gasteiger partial charge in [-0.1, -0.05) is 6.07 Å². The third-order valence-electron chi connectivity index (χ3n) is 3.19. The van der Waals surface area contributed by atoms with Crippen LogP contribution in [0.2, 0.25) is 0 Å². The van der Waals surface area contributed by atoms with E-state index < -0.39 is 0 Å². The van der Waals surface area contributed by atoms with E-state index in [1.54, 1.807) is 0 Å². The van der Waals surface area contributed by atoms with Gasteiger partial charge in [0.25, 0.3) is 0 Å². The maximum Gasteiger partial charge on any atom is 0.0573 e. The minimum Gasteiger partial charge on any atom is -0.330 e. The van der Waals surface area contributed by atoms with Gasteiger partial charge in [-0.05, 0) is 44.0 Å². The Bertz CT molecular complexity index is 324. The average molecular weight is 205 g/mol. The predicted octanol–water partition coefficient (Wildman–Crippen LogP) is 1.17. The van der Waals surface area contributed by atoms with Gasteiger partial charge in [0, 0.05) is 19.3 Å². The summed E-state index contributed by atoms with van der Waals surface area (Å²) in [5.41, 5.74) is 8.17. The molecule has 0 spiro atoms. The lowest BCUT2D eigenvalue weighted by Crippen LogP contribution is -2.23. The Morgan fingerprint density at radius 2 is 2.47 bits per heavy atom. The molecular weight excluding hydrogens is 186 g/mol. The molecule has 1 saturated heterocycles. The standard InChI is InChI=1S/C12H19N3/c1-10-3-2-5-14-12(10)9-15-6-4-11(7-13)8-15/h2-3,5,11H,4,6-9,13H2,1H3. The van der Waals surface area contributed by atoms with E-state index >= 15 is 0 Å². The van der Waals surface area contributed by atoms with Gasteiger partial charge in [0.2, 0.25) is 0 Å². The maximum atomic E-state index is 5.68. The van der Waals surface area contributed by atoms with Crippen molar-refractivity contribution in [3.63, 3.8) is 0 Å². The molecule has 1 aromatic rings. The fraction of sp³-hybridized carbons (Fsp3) is 0.583. The molecule has 2 rings (SSSR count). The number of hydrogen-bond donors (Lipinski definition) is 1. The van der Waals surface area contributed by atoms with Crippen LogP contribution in [-0.2, 0) is 6.54 Å². The van der Waals surface area contributed by atoms with Gasteiger partial charge in [0.15, 0.2) is 0 Å². The van der Waals surface area contributed by atoms with E-state index in [1.165, 1.54) is 17.7 Å². The highest BCUT2D eigenvalue weighted by atomic mass is 15.2. The molecule has 0 amide bonds. The van der Waals surface area contributed by atoms with Crippen molar-refractivity contribution < 1.29 is 0 Å². The molecule has 0 aliphatic carbocycles. The first-order chi connectivity index (χ1) is 7.29. The van der Waals surface area contributed by atoms with Crippen LogP contribution in [0.1, 0.15) is 17.7 Å². The summed E-state index contributed by atoms with van der Waals surface area (Å²) in [6, 6.07) is 4.12. The van der Waals surface area contributed by atoms with Crippen molar-refractivity contribution in [2.45, 2.75) is 19.9 Å². The largest absolute Gasteiger partial charge is 0.330 e. The zero-order chi connectivity index (χ0) is 10.7. The van der Waals surface area contributed by atoms with Crippen LogP contribution in [0.15, 0.2) is 18.3 Å². The molecule has 1 aliphatic heterocycles. The Morgan fingerprint density at radius 1 is 1.60 bits per heavy atom. The third-order valence-corrected chi connectivity index (χ3v) is 3.19. The van der Waals surface area contributed by atoms with Crippen molar-refractivity contribution in [2.75, 3.05) is 19.6 Å². The molecule has 1 atom stereocenters. The zero-order valence-electron chi connectivity index (χ0n) is 9.32. The van der Waals surface area contributed by atoms with Crippen LogP contribution in [0.5, 0.6) is 0 Å². The number of aryl methyl sites for hydroxylation is 1. The summed E-state index contributed by atoms with van der Waals surface area (Å²) in [5, 5.41) is 0. The first kappa shape index (κ1) is 10.6. The van der Waals surface area contributed by atoms with Crippen molar-refractivity contribution in [1.82, 2.24) is 9.88 Å². The molecule has 15 heavy (non-hydrogen) atoms. The number of nitrogens with two attached hydrogens (primary N) is 1. The van der Waals surface area contributed by atoms with Crippen LogP contribution in [0.4, 0.5) is 0 Å². The summed E-state index contributed by atoms with van der Waals surface area (Å²) >= 11 is 0. The second kappa shape index (κ2) is 4.73. The molecule has 0 saturated carbocycles. The molecule has 82 valence electrons. The molecule has 0 aromatic carbocycles. The number of hydrogen-bond acceptors (Lipinski definition) is 3. The van der Waals surface area contributed by atoms with Crippen molar-refractivity contribution >= 4 is 0 Å². The van der Waals surface area contributed by atoms with Crippen LogP contribution >= 0.6 is 0 Å². The minimum atomic E-state index is 0.689. The predicted molar refractivity (Wildman–Crippen MR) is 61.4 cm³/mol. The van der Waals surface area contributed by atoms with E-state index in [2.05, 4.69) is 22.9 Å². The second-order valence-electron chi connectivity index (χ2n) is 4.39. The summed E-state index contributed by atoms with van der Waals surface area (Å²) in [6.45, 7) is 6.21. The van der Waals surface area contributed by atoms with Crippen LogP contribution < -0.4 is 5.73 Å². The number of rotatable bonds is 3. The quantitative estimate of drug-likeness (QED) is 0.805. The Morgan fingerprint density at radius 3 is 3.13 bits per heavy atom.